The zero-order chi connectivity index (χ0) is 22.8. The van der Waals surface area contributed by atoms with Crippen LogP contribution in [-0.2, 0) is 21.2 Å². The lowest BCUT2D eigenvalue weighted by atomic mass is 9.90. The Labute approximate surface area is 188 Å². The molecule has 4 rings (SSSR count). The molecule has 32 heavy (non-hydrogen) atoms. The molecule has 1 aliphatic carbocycles. The van der Waals surface area contributed by atoms with Crippen LogP contribution in [-0.4, -0.2) is 56.6 Å². The summed E-state index contributed by atoms with van der Waals surface area (Å²) in [6, 6.07) is 17.1. The summed E-state index contributed by atoms with van der Waals surface area (Å²) in [6.45, 7) is 0.200. The third-order valence-electron chi connectivity index (χ3n) is 6.10. The van der Waals surface area contributed by atoms with Crippen molar-refractivity contribution in [1.29, 1.82) is 0 Å². The number of alkyl halides is 1. The number of hydrogen-bond acceptors (Lipinski definition) is 4. The fourth-order valence-corrected chi connectivity index (χ4v) is 5.08. The number of rotatable bonds is 7. The van der Waals surface area contributed by atoms with Gasteiger partial charge in [0.15, 0.2) is 0 Å². The van der Waals surface area contributed by atoms with Gasteiger partial charge in [-0.3, -0.25) is 0 Å². The Bertz CT molecular complexity index is 1060. The molecule has 2 fully saturated rings. The minimum absolute atomic E-state index is 0.247. The van der Waals surface area contributed by atoms with Gasteiger partial charge in [-0.05, 0) is 48.8 Å². The van der Waals surface area contributed by atoms with Crippen LogP contribution in [0.15, 0.2) is 54.6 Å². The Balaban J connectivity index is 1.57. The SMILES string of the molecule is CS(=O)(=O)N[C@@H]1CCCN(C(=O)OCC2(F)CC2)[C@@H]1Cc1cccc(-c2ccccc2)c1. The number of sulfonamides is 1. The molecule has 1 heterocycles. The van der Waals surface area contributed by atoms with Gasteiger partial charge in [-0.1, -0.05) is 54.6 Å². The van der Waals surface area contributed by atoms with E-state index in [1.165, 1.54) is 0 Å². The molecule has 1 N–H and O–H groups in total. The van der Waals surface area contributed by atoms with Gasteiger partial charge in [0.2, 0.25) is 10.0 Å². The van der Waals surface area contributed by atoms with Crippen molar-refractivity contribution in [3.05, 3.63) is 60.2 Å². The molecule has 0 spiro atoms. The monoisotopic (exact) mass is 460 g/mol. The minimum atomic E-state index is -3.46. The number of likely N-dealkylation sites (tertiary alicyclic amines) is 1. The summed E-state index contributed by atoms with van der Waals surface area (Å²) in [5.74, 6) is 0. The molecule has 8 heteroatoms. The molecule has 1 aliphatic heterocycles. The van der Waals surface area contributed by atoms with Crippen LogP contribution in [0.25, 0.3) is 11.1 Å². The Morgan fingerprint density at radius 2 is 1.88 bits per heavy atom. The molecule has 0 radical (unpaired) electrons. The standard InChI is InChI=1S/C24H29FN2O4S/c1-32(29,30)26-21-11-6-14-27(23(28)31-17-24(25)12-13-24)22(21)16-18-7-5-10-20(15-18)19-8-3-2-4-9-19/h2-5,7-10,15,21-22,26H,6,11-14,16-17H2,1H3/t21-,22-/m1/s1. The number of piperidine rings is 1. The van der Waals surface area contributed by atoms with E-state index in [1.54, 1.807) is 4.90 Å². The smallest absolute Gasteiger partial charge is 0.410 e. The average Bonchev–Trinajstić information content (AvgIpc) is 3.50. The van der Waals surface area contributed by atoms with E-state index in [4.69, 9.17) is 4.74 Å². The zero-order valence-electron chi connectivity index (χ0n) is 18.2. The van der Waals surface area contributed by atoms with E-state index in [1.807, 2.05) is 48.5 Å². The molecule has 2 aromatic carbocycles. The number of amides is 1. The molecule has 172 valence electrons. The molecular weight excluding hydrogens is 431 g/mol. The highest BCUT2D eigenvalue weighted by atomic mass is 32.2. The number of ether oxygens (including phenoxy) is 1. The highest BCUT2D eigenvalue weighted by Gasteiger charge is 2.45. The topological polar surface area (TPSA) is 75.7 Å². The second-order valence-corrected chi connectivity index (χ2v) is 10.7. The van der Waals surface area contributed by atoms with Gasteiger partial charge < -0.3 is 9.64 Å². The molecular formula is C24H29FN2O4S. The van der Waals surface area contributed by atoms with Gasteiger partial charge in [-0.15, -0.1) is 0 Å². The van der Waals surface area contributed by atoms with Crippen LogP contribution in [0.4, 0.5) is 9.18 Å². The van der Waals surface area contributed by atoms with Crippen molar-refractivity contribution in [2.45, 2.75) is 49.9 Å². The van der Waals surface area contributed by atoms with Gasteiger partial charge >= 0.3 is 6.09 Å². The minimum Gasteiger partial charge on any atom is -0.446 e. The lowest BCUT2D eigenvalue weighted by Crippen LogP contribution is -2.58. The molecule has 0 aromatic heterocycles. The van der Waals surface area contributed by atoms with Crippen molar-refractivity contribution in [1.82, 2.24) is 9.62 Å². The summed E-state index contributed by atoms with van der Waals surface area (Å²) < 4.78 is 45.9. The van der Waals surface area contributed by atoms with Crippen LogP contribution in [0.5, 0.6) is 0 Å². The number of halogens is 1. The van der Waals surface area contributed by atoms with Crippen LogP contribution >= 0.6 is 0 Å². The lowest BCUT2D eigenvalue weighted by Gasteiger charge is -2.40. The summed E-state index contributed by atoms with van der Waals surface area (Å²) in [6.07, 6.45) is 3.08. The van der Waals surface area contributed by atoms with Gasteiger partial charge in [0.05, 0.1) is 12.3 Å². The highest BCUT2D eigenvalue weighted by Crippen LogP contribution is 2.40. The quantitative estimate of drug-likeness (QED) is 0.680. The normalized spacial score (nSPS) is 22.4. The fraction of sp³-hybridized carbons (Fsp3) is 0.458. The Hall–Kier alpha value is -2.45. The second kappa shape index (κ2) is 9.19. The predicted molar refractivity (Wildman–Crippen MR) is 121 cm³/mol. The number of nitrogens with one attached hydrogen (secondary N) is 1. The first kappa shape index (κ1) is 22.7. The number of benzene rings is 2. The number of carbonyl (C=O) groups is 1. The third kappa shape index (κ3) is 5.86. The van der Waals surface area contributed by atoms with Crippen molar-refractivity contribution in [3.8, 4) is 11.1 Å². The van der Waals surface area contributed by atoms with Gasteiger partial charge in [0, 0.05) is 12.6 Å². The molecule has 1 saturated heterocycles. The first-order chi connectivity index (χ1) is 15.2. The largest absolute Gasteiger partial charge is 0.446 e. The Morgan fingerprint density at radius 3 is 2.56 bits per heavy atom. The molecule has 2 atom stereocenters. The first-order valence-corrected chi connectivity index (χ1v) is 12.9. The molecule has 0 bridgehead atoms. The molecule has 1 saturated carbocycles. The van der Waals surface area contributed by atoms with Crippen LogP contribution < -0.4 is 4.72 Å². The highest BCUT2D eigenvalue weighted by molar-refractivity contribution is 7.88. The maximum absolute atomic E-state index is 14.0. The molecule has 1 amide bonds. The number of hydrogen-bond donors (Lipinski definition) is 1. The molecule has 6 nitrogen and oxygen atoms in total. The van der Waals surface area contributed by atoms with Crippen molar-refractivity contribution in [2.24, 2.45) is 0 Å². The van der Waals surface area contributed by atoms with Gasteiger partial charge in [0.25, 0.3) is 0 Å². The lowest BCUT2D eigenvalue weighted by molar-refractivity contribution is 0.0443. The van der Waals surface area contributed by atoms with Crippen molar-refractivity contribution in [2.75, 3.05) is 19.4 Å². The van der Waals surface area contributed by atoms with E-state index < -0.39 is 33.9 Å². The summed E-state index contributed by atoms with van der Waals surface area (Å²) >= 11 is 0. The second-order valence-electron chi connectivity index (χ2n) is 8.88. The zero-order valence-corrected chi connectivity index (χ0v) is 19.0. The Morgan fingerprint density at radius 1 is 1.16 bits per heavy atom. The molecule has 0 unspecified atom stereocenters. The van der Waals surface area contributed by atoms with E-state index >= 15 is 0 Å². The van der Waals surface area contributed by atoms with Crippen molar-refractivity contribution in [3.63, 3.8) is 0 Å². The van der Waals surface area contributed by atoms with Crippen molar-refractivity contribution < 1.29 is 22.3 Å². The summed E-state index contributed by atoms with van der Waals surface area (Å²) in [5.41, 5.74) is 1.72. The van der Waals surface area contributed by atoms with E-state index in [9.17, 15) is 17.6 Å². The molecule has 2 aliphatic rings. The molecule has 2 aromatic rings. The van der Waals surface area contributed by atoms with E-state index in [-0.39, 0.29) is 6.61 Å². The predicted octanol–water partition coefficient (Wildman–Crippen LogP) is 3.92. The van der Waals surface area contributed by atoms with E-state index in [2.05, 4.69) is 10.8 Å². The van der Waals surface area contributed by atoms with Crippen LogP contribution in [0.3, 0.4) is 0 Å². The van der Waals surface area contributed by atoms with Crippen LogP contribution in [0.2, 0.25) is 0 Å². The number of carbonyl (C=O) groups excluding carboxylic acids is 1. The van der Waals surface area contributed by atoms with Gasteiger partial charge in [0.1, 0.15) is 12.3 Å². The summed E-state index contributed by atoms with van der Waals surface area (Å²) in [5, 5.41) is 0. The van der Waals surface area contributed by atoms with E-state index in [0.29, 0.717) is 38.6 Å². The maximum atomic E-state index is 14.0. The van der Waals surface area contributed by atoms with Gasteiger partial charge in [-0.2, -0.15) is 0 Å². The van der Waals surface area contributed by atoms with Gasteiger partial charge in [-0.25, -0.2) is 22.3 Å². The first-order valence-electron chi connectivity index (χ1n) is 11.0. The van der Waals surface area contributed by atoms with Crippen LogP contribution in [0.1, 0.15) is 31.2 Å². The third-order valence-corrected chi connectivity index (χ3v) is 6.84. The van der Waals surface area contributed by atoms with Crippen molar-refractivity contribution >= 4 is 16.1 Å². The Kier molecular flexibility index (Phi) is 6.53. The number of nitrogens with zero attached hydrogens (tertiary/aromatic N) is 1. The van der Waals surface area contributed by atoms with E-state index in [0.717, 1.165) is 22.9 Å². The summed E-state index contributed by atoms with van der Waals surface area (Å²) in [4.78, 5) is 14.4. The average molecular weight is 461 g/mol. The van der Waals surface area contributed by atoms with Crippen LogP contribution in [0, 0.1) is 0 Å². The fourth-order valence-electron chi connectivity index (χ4n) is 4.25. The maximum Gasteiger partial charge on any atom is 0.410 e. The summed E-state index contributed by atoms with van der Waals surface area (Å²) in [7, 11) is -3.46.